The lowest BCUT2D eigenvalue weighted by molar-refractivity contribution is -0.142. The van der Waals surface area contributed by atoms with Crippen molar-refractivity contribution >= 4 is 17.8 Å². The van der Waals surface area contributed by atoms with Gasteiger partial charge in [0, 0.05) is 6.54 Å². The number of carbonyl (C=O) groups is 3. The standard InChI is InChI=1S/C11H18N2O4/c1-2-3-4-13(6-9(12)14)10(15)7-5-8(7)11(16)17/h7-8H,2-6H2,1H3,(H2,12,14)(H,16,17). The van der Waals surface area contributed by atoms with Crippen LogP contribution in [-0.4, -0.2) is 40.9 Å². The van der Waals surface area contributed by atoms with E-state index in [1.165, 1.54) is 4.90 Å². The highest BCUT2D eigenvalue weighted by Crippen LogP contribution is 2.40. The van der Waals surface area contributed by atoms with Crippen molar-refractivity contribution in [3.8, 4) is 0 Å². The summed E-state index contributed by atoms with van der Waals surface area (Å²) < 4.78 is 0. The summed E-state index contributed by atoms with van der Waals surface area (Å²) in [5.41, 5.74) is 5.07. The summed E-state index contributed by atoms with van der Waals surface area (Å²) in [5.74, 6) is -2.83. The molecular formula is C11H18N2O4. The Bertz CT molecular complexity index is 329. The highest BCUT2D eigenvalue weighted by atomic mass is 16.4. The van der Waals surface area contributed by atoms with Crippen LogP contribution in [0.2, 0.25) is 0 Å². The van der Waals surface area contributed by atoms with E-state index in [9.17, 15) is 14.4 Å². The molecule has 0 aliphatic heterocycles. The molecule has 0 spiro atoms. The molecule has 1 aliphatic carbocycles. The molecule has 1 saturated carbocycles. The number of primary amides is 1. The van der Waals surface area contributed by atoms with E-state index in [-0.39, 0.29) is 12.5 Å². The molecule has 2 unspecified atom stereocenters. The summed E-state index contributed by atoms with van der Waals surface area (Å²) in [6, 6.07) is 0. The first-order chi connectivity index (χ1) is 7.97. The van der Waals surface area contributed by atoms with Crippen LogP contribution in [0.15, 0.2) is 0 Å². The first-order valence-corrected chi connectivity index (χ1v) is 5.77. The van der Waals surface area contributed by atoms with Gasteiger partial charge in [-0.25, -0.2) is 0 Å². The predicted octanol–water partition coefficient (Wildman–Crippen LogP) is -0.179. The quantitative estimate of drug-likeness (QED) is 0.646. The van der Waals surface area contributed by atoms with Gasteiger partial charge in [-0.1, -0.05) is 13.3 Å². The van der Waals surface area contributed by atoms with Crippen LogP contribution >= 0.6 is 0 Å². The fourth-order valence-corrected chi connectivity index (χ4v) is 1.78. The van der Waals surface area contributed by atoms with Crippen LogP contribution < -0.4 is 5.73 Å². The molecule has 0 aromatic heterocycles. The molecule has 0 heterocycles. The van der Waals surface area contributed by atoms with Gasteiger partial charge in [0.15, 0.2) is 0 Å². The molecule has 96 valence electrons. The number of unbranched alkanes of at least 4 members (excludes halogenated alkanes) is 1. The molecule has 1 rings (SSSR count). The molecule has 6 nitrogen and oxygen atoms in total. The summed E-state index contributed by atoms with van der Waals surface area (Å²) in [6.45, 7) is 2.31. The normalized spacial score (nSPS) is 21.9. The molecule has 6 heteroatoms. The average molecular weight is 242 g/mol. The number of amides is 2. The summed E-state index contributed by atoms with van der Waals surface area (Å²) in [6.07, 6.45) is 2.05. The lowest BCUT2D eigenvalue weighted by atomic mass is 10.2. The van der Waals surface area contributed by atoms with Crippen molar-refractivity contribution in [3.63, 3.8) is 0 Å². The third-order valence-corrected chi connectivity index (χ3v) is 2.86. The van der Waals surface area contributed by atoms with Crippen molar-refractivity contribution in [3.05, 3.63) is 0 Å². The summed E-state index contributed by atoms with van der Waals surface area (Å²) >= 11 is 0. The maximum absolute atomic E-state index is 11.9. The van der Waals surface area contributed by atoms with Gasteiger partial charge in [-0.15, -0.1) is 0 Å². The molecule has 0 radical (unpaired) electrons. The van der Waals surface area contributed by atoms with E-state index < -0.39 is 23.7 Å². The Labute approximate surface area is 99.8 Å². The van der Waals surface area contributed by atoms with Crippen molar-refractivity contribution in [1.29, 1.82) is 0 Å². The van der Waals surface area contributed by atoms with Crippen molar-refractivity contribution in [2.24, 2.45) is 17.6 Å². The lowest BCUT2D eigenvalue weighted by Gasteiger charge is -2.20. The fraction of sp³-hybridized carbons (Fsp3) is 0.727. The van der Waals surface area contributed by atoms with Gasteiger partial charge >= 0.3 is 5.97 Å². The van der Waals surface area contributed by atoms with Crippen LogP contribution in [0.5, 0.6) is 0 Å². The van der Waals surface area contributed by atoms with E-state index >= 15 is 0 Å². The van der Waals surface area contributed by atoms with E-state index in [4.69, 9.17) is 10.8 Å². The molecule has 0 saturated heterocycles. The average Bonchev–Trinajstić information content (AvgIpc) is 3.02. The number of carboxylic acid groups (broad SMARTS) is 1. The molecule has 0 bridgehead atoms. The van der Waals surface area contributed by atoms with Gasteiger partial charge in [0.2, 0.25) is 11.8 Å². The zero-order valence-electron chi connectivity index (χ0n) is 9.89. The van der Waals surface area contributed by atoms with E-state index in [1.54, 1.807) is 0 Å². The highest BCUT2D eigenvalue weighted by Gasteiger charge is 2.49. The third-order valence-electron chi connectivity index (χ3n) is 2.86. The van der Waals surface area contributed by atoms with E-state index in [0.29, 0.717) is 13.0 Å². The Morgan fingerprint density at radius 3 is 2.41 bits per heavy atom. The molecule has 0 aromatic rings. The van der Waals surface area contributed by atoms with Crippen molar-refractivity contribution < 1.29 is 19.5 Å². The van der Waals surface area contributed by atoms with Crippen LogP contribution in [-0.2, 0) is 14.4 Å². The Hall–Kier alpha value is -1.59. The maximum atomic E-state index is 11.9. The lowest BCUT2D eigenvalue weighted by Crippen LogP contribution is -2.40. The monoisotopic (exact) mass is 242 g/mol. The van der Waals surface area contributed by atoms with Crippen molar-refractivity contribution in [2.45, 2.75) is 26.2 Å². The largest absolute Gasteiger partial charge is 0.481 e. The molecule has 2 atom stereocenters. The zero-order valence-corrected chi connectivity index (χ0v) is 9.89. The summed E-state index contributed by atoms with van der Waals surface area (Å²) in [5, 5.41) is 8.75. The second-order valence-corrected chi connectivity index (χ2v) is 4.37. The predicted molar refractivity (Wildman–Crippen MR) is 59.9 cm³/mol. The number of aliphatic carboxylic acids is 1. The van der Waals surface area contributed by atoms with Gasteiger partial charge in [-0.2, -0.15) is 0 Å². The van der Waals surface area contributed by atoms with Gasteiger partial charge in [0.25, 0.3) is 0 Å². The van der Waals surface area contributed by atoms with Crippen LogP contribution in [0.1, 0.15) is 26.2 Å². The van der Waals surface area contributed by atoms with Crippen LogP contribution in [0.3, 0.4) is 0 Å². The smallest absolute Gasteiger partial charge is 0.307 e. The summed E-state index contributed by atoms with van der Waals surface area (Å²) in [4.78, 5) is 34.8. The Morgan fingerprint density at radius 2 is 2.00 bits per heavy atom. The van der Waals surface area contributed by atoms with Gasteiger partial charge in [0.05, 0.1) is 18.4 Å². The van der Waals surface area contributed by atoms with Gasteiger partial charge < -0.3 is 15.7 Å². The summed E-state index contributed by atoms with van der Waals surface area (Å²) in [7, 11) is 0. The van der Waals surface area contributed by atoms with E-state index in [1.807, 2.05) is 6.92 Å². The second-order valence-electron chi connectivity index (χ2n) is 4.37. The van der Waals surface area contributed by atoms with Gasteiger partial charge in [-0.3, -0.25) is 14.4 Å². The maximum Gasteiger partial charge on any atom is 0.307 e. The fourth-order valence-electron chi connectivity index (χ4n) is 1.78. The minimum absolute atomic E-state index is 0.123. The minimum Gasteiger partial charge on any atom is -0.481 e. The molecule has 1 aliphatic rings. The Kier molecular flexibility index (Phi) is 4.48. The highest BCUT2D eigenvalue weighted by molar-refractivity contribution is 5.91. The SMILES string of the molecule is CCCCN(CC(N)=O)C(=O)C1CC1C(=O)O. The number of nitrogens with two attached hydrogens (primary N) is 1. The van der Waals surface area contributed by atoms with Gasteiger partial charge in [0.1, 0.15) is 0 Å². The molecule has 17 heavy (non-hydrogen) atoms. The molecule has 3 N–H and O–H groups in total. The van der Waals surface area contributed by atoms with E-state index in [0.717, 1.165) is 12.8 Å². The van der Waals surface area contributed by atoms with Crippen molar-refractivity contribution in [2.75, 3.05) is 13.1 Å². The number of hydrogen-bond donors (Lipinski definition) is 2. The number of rotatable bonds is 7. The van der Waals surface area contributed by atoms with Crippen molar-refractivity contribution in [1.82, 2.24) is 4.90 Å². The number of carbonyl (C=O) groups excluding carboxylic acids is 2. The number of nitrogens with zero attached hydrogens (tertiary/aromatic N) is 1. The molecule has 1 fully saturated rings. The van der Waals surface area contributed by atoms with Crippen LogP contribution in [0, 0.1) is 11.8 Å². The van der Waals surface area contributed by atoms with Gasteiger partial charge in [-0.05, 0) is 12.8 Å². The first-order valence-electron chi connectivity index (χ1n) is 5.77. The Balaban J connectivity index is 2.54. The Morgan fingerprint density at radius 1 is 1.35 bits per heavy atom. The second kappa shape index (κ2) is 5.65. The number of hydrogen-bond acceptors (Lipinski definition) is 3. The van der Waals surface area contributed by atoms with Crippen LogP contribution in [0.4, 0.5) is 0 Å². The molecule has 0 aromatic carbocycles. The topological polar surface area (TPSA) is 101 Å². The zero-order chi connectivity index (χ0) is 13.0. The molecule has 2 amide bonds. The van der Waals surface area contributed by atoms with Crippen LogP contribution in [0.25, 0.3) is 0 Å². The number of carboxylic acids is 1. The first kappa shape index (κ1) is 13.5. The third kappa shape index (κ3) is 3.72. The molecular weight excluding hydrogens is 224 g/mol. The minimum atomic E-state index is -0.946. The van der Waals surface area contributed by atoms with E-state index in [2.05, 4.69) is 0 Å².